The predicted molar refractivity (Wildman–Crippen MR) is 115 cm³/mol. The van der Waals surface area contributed by atoms with E-state index in [4.69, 9.17) is 15.0 Å². The van der Waals surface area contributed by atoms with E-state index in [0.29, 0.717) is 35.7 Å². The lowest BCUT2D eigenvalue weighted by atomic mass is 9.86. The smallest absolute Gasteiger partial charge is 0.176 e. The first-order valence-corrected chi connectivity index (χ1v) is 9.87. The minimum Gasteiger partial charge on any atom is -0.497 e. The van der Waals surface area contributed by atoms with Gasteiger partial charge in [0, 0.05) is 28.6 Å². The third-order valence-corrected chi connectivity index (χ3v) is 5.42. The molecule has 2 aromatic carbocycles. The van der Waals surface area contributed by atoms with Gasteiger partial charge < -0.3 is 14.6 Å². The van der Waals surface area contributed by atoms with E-state index in [0.717, 1.165) is 19.4 Å². The molecule has 1 N–H and O–H groups in total. The van der Waals surface area contributed by atoms with Gasteiger partial charge in [-0.1, -0.05) is 41.2 Å². The van der Waals surface area contributed by atoms with Crippen LogP contribution in [0.2, 0.25) is 0 Å². The normalized spacial score (nSPS) is 16.3. The summed E-state index contributed by atoms with van der Waals surface area (Å²) in [6.07, 6.45) is 2.04. The molecule has 1 aliphatic heterocycles. The van der Waals surface area contributed by atoms with Crippen LogP contribution in [0.15, 0.2) is 53.6 Å². The fourth-order valence-corrected chi connectivity index (χ4v) is 3.69. The number of methoxy groups -OCH3 is 2. The van der Waals surface area contributed by atoms with Gasteiger partial charge in [-0.05, 0) is 49.2 Å². The molecule has 0 aromatic heterocycles. The second kappa shape index (κ2) is 10.0. The first-order chi connectivity index (χ1) is 14.6. The molecule has 1 heterocycles. The summed E-state index contributed by atoms with van der Waals surface area (Å²) in [7, 11) is 3.21. The quantitative estimate of drug-likeness (QED) is 0.328. The fourth-order valence-electron chi connectivity index (χ4n) is 3.69. The van der Waals surface area contributed by atoms with Crippen molar-refractivity contribution < 1.29 is 14.6 Å². The third-order valence-electron chi connectivity index (χ3n) is 5.42. The minimum atomic E-state index is -1.47. The van der Waals surface area contributed by atoms with Crippen LogP contribution in [0, 0.1) is 11.8 Å². The summed E-state index contributed by atoms with van der Waals surface area (Å²) < 4.78 is 10.5. The van der Waals surface area contributed by atoms with E-state index >= 15 is 0 Å². The summed E-state index contributed by atoms with van der Waals surface area (Å²) in [5, 5.41) is 15.3. The van der Waals surface area contributed by atoms with E-state index in [1.165, 1.54) is 0 Å². The molecule has 0 radical (unpaired) electrons. The molecule has 3 rings (SSSR count). The van der Waals surface area contributed by atoms with Gasteiger partial charge >= 0.3 is 0 Å². The Labute approximate surface area is 176 Å². The molecule has 1 saturated heterocycles. The van der Waals surface area contributed by atoms with Gasteiger partial charge in [-0.2, -0.15) is 0 Å². The summed E-state index contributed by atoms with van der Waals surface area (Å²) in [6.45, 7) is 1.85. The number of ether oxygens (including phenoxy) is 2. The number of nitrogens with zero attached hydrogens (tertiary/aromatic N) is 4. The van der Waals surface area contributed by atoms with Gasteiger partial charge in [-0.15, -0.1) is 0 Å². The molecule has 2 aromatic rings. The van der Waals surface area contributed by atoms with Crippen molar-refractivity contribution in [2.24, 2.45) is 5.11 Å². The monoisotopic (exact) mass is 406 g/mol. The average Bonchev–Trinajstić information content (AvgIpc) is 3.24. The van der Waals surface area contributed by atoms with Crippen LogP contribution in [0.25, 0.3) is 10.4 Å². The van der Waals surface area contributed by atoms with Crippen LogP contribution in [0.3, 0.4) is 0 Å². The van der Waals surface area contributed by atoms with Crippen molar-refractivity contribution in [2.45, 2.75) is 24.5 Å². The van der Waals surface area contributed by atoms with Crippen molar-refractivity contribution in [1.29, 1.82) is 0 Å². The van der Waals surface area contributed by atoms with Crippen molar-refractivity contribution in [3.63, 3.8) is 0 Å². The van der Waals surface area contributed by atoms with E-state index in [1.807, 2.05) is 48.5 Å². The van der Waals surface area contributed by atoms with Gasteiger partial charge in [0.1, 0.15) is 11.5 Å². The number of azide groups is 1. The van der Waals surface area contributed by atoms with Crippen LogP contribution in [-0.2, 0) is 5.60 Å². The van der Waals surface area contributed by atoms with Crippen LogP contribution in [0.5, 0.6) is 11.5 Å². The predicted octanol–water partition coefficient (Wildman–Crippen LogP) is 3.72. The lowest BCUT2D eigenvalue weighted by molar-refractivity contribution is 0.145. The Hall–Kier alpha value is -3.17. The Bertz CT molecular complexity index is 894. The average molecular weight is 406 g/mol. The molecule has 0 spiro atoms. The highest BCUT2D eigenvalue weighted by Crippen LogP contribution is 2.31. The van der Waals surface area contributed by atoms with Crippen LogP contribution < -0.4 is 9.47 Å². The second-order valence-corrected chi connectivity index (χ2v) is 7.15. The SMILES string of the molecule is COc1ccc(C(O)(C#CCN2CCC[C@H]2CN=[N+]=[N-])c2ccc(OC)cc2)cc1. The molecule has 156 valence electrons. The highest BCUT2D eigenvalue weighted by molar-refractivity contribution is 5.47. The Kier molecular flexibility index (Phi) is 7.21. The molecule has 0 amide bonds. The standard InChI is InChI=1S/C23H26N4O3/c1-29-21-10-6-18(7-11-21)23(28,19-8-12-22(30-2)13-9-19)14-4-16-27-15-3-5-20(27)17-25-26-24/h6-13,20,28H,3,5,15-17H2,1-2H3/t20-/m0/s1. The Balaban J connectivity index is 1.89. The van der Waals surface area contributed by atoms with Gasteiger partial charge in [-0.25, -0.2) is 0 Å². The molecule has 0 aliphatic carbocycles. The van der Waals surface area contributed by atoms with E-state index in [2.05, 4.69) is 26.8 Å². The van der Waals surface area contributed by atoms with Crippen LogP contribution in [-0.4, -0.2) is 49.9 Å². The largest absolute Gasteiger partial charge is 0.497 e. The summed E-state index contributed by atoms with van der Waals surface area (Å²) in [4.78, 5) is 5.06. The molecule has 7 heteroatoms. The fraction of sp³-hybridized carbons (Fsp3) is 0.391. The van der Waals surface area contributed by atoms with Gasteiger partial charge in [0.25, 0.3) is 0 Å². The summed E-state index contributed by atoms with van der Waals surface area (Å²) >= 11 is 0. The molecule has 1 fully saturated rings. The van der Waals surface area contributed by atoms with E-state index in [-0.39, 0.29) is 6.04 Å². The summed E-state index contributed by atoms with van der Waals surface area (Å²) in [6, 6.07) is 14.7. The number of likely N-dealkylation sites (tertiary alicyclic amines) is 1. The summed E-state index contributed by atoms with van der Waals surface area (Å²) in [5.41, 5.74) is 8.43. The maximum Gasteiger partial charge on any atom is 0.176 e. The first-order valence-electron chi connectivity index (χ1n) is 9.87. The van der Waals surface area contributed by atoms with Crippen molar-refractivity contribution >= 4 is 0 Å². The highest BCUT2D eigenvalue weighted by atomic mass is 16.5. The molecule has 30 heavy (non-hydrogen) atoms. The maximum absolute atomic E-state index is 11.6. The zero-order valence-corrected chi connectivity index (χ0v) is 17.3. The highest BCUT2D eigenvalue weighted by Gasteiger charge is 2.30. The van der Waals surface area contributed by atoms with Gasteiger partial charge in [0.15, 0.2) is 5.60 Å². The lowest BCUT2D eigenvalue weighted by Gasteiger charge is -2.25. The number of rotatable bonds is 7. The number of hydrogen-bond acceptors (Lipinski definition) is 5. The van der Waals surface area contributed by atoms with E-state index in [1.54, 1.807) is 14.2 Å². The molecule has 0 unspecified atom stereocenters. The van der Waals surface area contributed by atoms with Crippen molar-refractivity contribution in [1.82, 2.24) is 4.90 Å². The van der Waals surface area contributed by atoms with Crippen molar-refractivity contribution in [2.75, 3.05) is 33.9 Å². The molecule has 0 bridgehead atoms. The Morgan fingerprint density at radius 2 is 1.67 bits per heavy atom. The first kappa shape index (κ1) is 21.5. The van der Waals surface area contributed by atoms with E-state index < -0.39 is 5.60 Å². The van der Waals surface area contributed by atoms with Crippen LogP contribution >= 0.6 is 0 Å². The van der Waals surface area contributed by atoms with Gasteiger partial charge in [-0.3, -0.25) is 4.90 Å². The summed E-state index contributed by atoms with van der Waals surface area (Å²) in [5.74, 6) is 7.66. The number of benzene rings is 2. The van der Waals surface area contributed by atoms with E-state index in [9.17, 15) is 5.11 Å². The third kappa shape index (κ3) is 4.87. The minimum absolute atomic E-state index is 0.199. The Morgan fingerprint density at radius 1 is 1.10 bits per heavy atom. The molecule has 0 saturated carbocycles. The number of aliphatic hydroxyl groups is 1. The lowest BCUT2D eigenvalue weighted by Crippen LogP contribution is -2.32. The Morgan fingerprint density at radius 3 is 2.17 bits per heavy atom. The zero-order chi connectivity index (χ0) is 21.4. The topological polar surface area (TPSA) is 90.7 Å². The zero-order valence-electron chi connectivity index (χ0n) is 17.3. The molecule has 1 atom stereocenters. The van der Waals surface area contributed by atoms with Gasteiger partial charge in [0.05, 0.1) is 20.8 Å². The van der Waals surface area contributed by atoms with Crippen molar-refractivity contribution in [3.8, 4) is 23.3 Å². The van der Waals surface area contributed by atoms with Crippen LogP contribution in [0.1, 0.15) is 24.0 Å². The molecule has 1 aliphatic rings. The second-order valence-electron chi connectivity index (χ2n) is 7.15. The van der Waals surface area contributed by atoms with Gasteiger partial charge in [0.2, 0.25) is 0 Å². The number of hydrogen-bond donors (Lipinski definition) is 1. The van der Waals surface area contributed by atoms with Crippen molar-refractivity contribution in [3.05, 3.63) is 70.1 Å². The molecule has 7 nitrogen and oxygen atoms in total. The maximum atomic E-state index is 11.6. The molecular weight excluding hydrogens is 380 g/mol. The molecular formula is C23H26N4O3. The van der Waals surface area contributed by atoms with Crippen LogP contribution in [0.4, 0.5) is 0 Å².